The zero-order chi connectivity index (χ0) is 23.7. The SMILES string of the molecule is Cn1ccc(Cn2cc3c(Cl)c(-c4c[nH]c5nc(N6C7CCC6CC(N)C7)cnc45)ccc3n2)n1. The van der Waals surface area contributed by atoms with Gasteiger partial charge in [0.2, 0.25) is 0 Å². The number of rotatable bonds is 4. The van der Waals surface area contributed by atoms with Gasteiger partial charge in [-0.25, -0.2) is 9.97 Å². The number of H-pyrrole nitrogens is 1. The Kier molecular flexibility index (Phi) is 4.65. The zero-order valence-corrected chi connectivity index (χ0v) is 20.2. The van der Waals surface area contributed by atoms with Gasteiger partial charge in [0, 0.05) is 60.3 Å². The molecule has 5 aromatic rings. The van der Waals surface area contributed by atoms with Crippen molar-refractivity contribution in [1.82, 2.24) is 34.5 Å². The Morgan fingerprint density at radius 2 is 1.94 bits per heavy atom. The number of nitrogens with zero attached hydrogens (tertiary/aromatic N) is 7. The Balaban J connectivity index is 1.23. The maximum absolute atomic E-state index is 6.91. The summed E-state index contributed by atoms with van der Waals surface area (Å²) in [4.78, 5) is 15.6. The zero-order valence-electron chi connectivity index (χ0n) is 19.4. The monoisotopic (exact) mass is 487 g/mol. The summed E-state index contributed by atoms with van der Waals surface area (Å²) < 4.78 is 3.67. The molecule has 0 amide bonds. The smallest absolute Gasteiger partial charge is 0.159 e. The van der Waals surface area contributed by atoms with E-state index in [1.165, 1.54) is 12.8 Å². The molecule has 9 nitrogen and oxygen atoms in total. The molecule has 0 radical (unpaired) electrons. The Morgan fingerprint density at radius 3 is 2.71 bits per heavy atom. The molecular weight excluding hydrogens is 462 g/mol. The fraction of sp³-hybridized carbons (Fsp3) is 0.360. The van der Waals surface area contributed by atoms with Crippen LogP contribution in [0, 0.1) is 0 Å². The summed E-state index contributed by atoms with van der Waals surface area (Å²) >= 11 is 6.91. The summed E-state index contributed by atoms with van der Waals surface area (Å²) in [6.07, 6.45) is 12.2. The maximum Gasteiger partial charge on any atom is 0.159 e. The van der Waals surface area contributed by atoms with Crippen molar-refractivity contribution >= 4 is 39.5 Å². The molecule has 4 aromatic heterocycles. The van der Waals surface area contributed by atoms with E-state index in [1.54, 1.807) is 4.68 Å². The number of benzene rings is 1. The number of aromatic amines is 1. The first kappa shape index (κ1) is 20.9. The van der Waals surface area contributed by atoms with E-state index in [-0.39, 0.29) is 0 Å². The maximum atomic E-state index is 6.91. The van der Waals surface area contributed by atoms with Crippen molar-refractivity contribution in [1.29, 1.82) is 0 Å². The average molecular weight is 488 g/mol. The molecule has 3 N–H and O–H groups in total. The van der Waals surface area contributed by atoms with Crippen LogP contribution < -0.4 is 10.6 Å². The molecule has 2 saturated heterocycles. The van der Waals surface area contributed by atoms with E-state index in [1.807, 2.05) is 54.7 Å². The summed E-state index contributed by atoms with van der Waals surface area (Å²) in [7, 11) is 1.91. The van der Waals surface area contributed by atoms with Crippen LogP contribution in [0.2, 0.25) is 5.02 Å². The first-order chi connectivity index (χ1) is 17.0. The van der Waals surface area contributed by atoms with Crippen LogP contribution in [0.25, 0.3) is 33.2 Å². The number of hydrogen-bond acceptors (Lipinski definition) is 6. The van der Waals surface area contributed by atoms with E-state index in [4.69, 9.17) is 27.3 Å². The van der Waals surface area contributed by atoms with Crippen molar-refractivity contribution in [2.24, 2.45) is 12.8 Å². The van der Waals surface area contributed by atoms with Crippen LogP contribution >= 0.6 is 11.6 Å². The third-order valence-corrected chi connectivity index (χ3v) is 7.86. The van der Waals surface area contributed by atoms with Gasteiger partial charge in [-0.15, -0.1) is 0 Å². The minimum Gasteiger partial charge on any atom is -0.349 e. The number of fused-ring (bicyclic) bond motifs is 4. The molecule has 2 aliphatic heterocycles. The molecule has 2 aliphatic rings. The van der Waals surface area contributed by atoms with Crippen LogP contribution in [-0.2, 0) is 13.6 Å². The van der Waals surface area contributed by atoms with Crippen LogP contribution in [0.3, 0.4) is 0 Å². The van der Waals surface area contributed by atoms with Crippen LogP contribution in [0.4, 0.5) is 5.82 Å². The lowest BCUT2D eigenvalue weighted by Gasteiger charge is -2.38. The van der Waals surface area contributed by atoms with Gasteiger partial charge in [-0.1, -0.05) is 17.7 Å². The molecule has 6 heterocycles. The number of anilines is 1. The lowest BCUT2D eigenvalue weighted by molar-refractivity contribution is 0.412. The molecule has 0 spiro atoms. The molecule has 2 unspecified atom stereocenters. The Hall–Kier alpha value is -3.43. The van der Waals surface area contributed by atoms with E-state index in [0.29, 0.717) is 29.7 Å². The van der Waals surface area contributed by atoms with Crippen molar-refractivity contribution in [3.8, 4) is 11.1 Å². The molecule has 2 atom stereocenters. The number of aryl methyl sites for hydroxylation is 1. The van der Waals surface area contributed by atoms with Crippen LogP contribution in [0.1, 0.15) is 31.4 Å². The van der Waals surface area contributed by atoms with Gasteiger partial charge in [0.15, 0.2) is 5.65 Å². The minimum atomic E-state index is 0.294. The van der Waals surface area contributed by atoms with Crippen molar-refractivity contribution in [3.63, 3.8) is 0 Å². The van der Waals surface area contributed by atoms with Gasteiger partial charge >= 0.3 is 0 Å². The van der Waals surface area contributed by atoms with Gasteiger partial charge in [0.1, 0.15) is 11.3 Å². The van der Waals surface area contributed by atoms with E-state index in [9.17, 15) is 0 Å². The van der Waals surface area contributed by atoms with Gasteiger partial charge in [0.25, 0.3) is 0 Å². The molecule has 2 fully saturated rings. The molecule has 35 heavy (non-hydrogen) atoms. The predicted molar refractivity (Wildman–Crippen MR) is 136 cm³/mol. The Morgan fingerprint density at radius 1 is 1.11 bits per heavy atom. The number of aromatic nitrogens is 7. The average Bonchev–Trinajstić information content (AvgIpc) is 3.60. The fourth-order valence-corrected chi connectivity index (χ4v) is 6.23. The Labute approximate surface area is 206 Å². The van der Waals surface area contributed by atoms with Gasteiger partial charge in [-0.2, -0.15) is 10.2 Å². The predicted octanol–water partition coefficient (Wildman–Crippen LogP) is 3.87. The highest BCUT2D eigenvalue weighted by Crippen LogP contribution is 2.40. The summed E-state index contributed by atoms with van der Waals surface area (Å²) in [5, 5.41) is 10.7. The highest BCUT2D eigenvalue weighted by molar-refractivity contribution is 6.38. The van der Waals surface area contributed by atoms with E-state index < -0.39 is 0 Å². The van der Waals surface area contributed by atoms with E-state index >= 15 is 0 Å². The number of nitrogens with one attached hydrogen (secondary N) is 1. The van der Waals surface area contributed by atoms with E-state index in [0.717, 1.165) is 57.5 Å². The molecule has 178 valence electrons. The second-order valence-electron chi connectivity index (χ2n) is 9.82. The molecular formula is C25H26ClN9. The van der Waals surface area contributed by atoms with Gasteiger partial charge in [-0.3, -0.25) is 9.36 Å². The molecule has 7 rings (SSSR count). The third-order valence-electron chi connectivity index (χ3n) is 7.46. The quantitative estimate of drug-likeness (QED) is 0.398. The lowest BCUT2D eigenvalue weighted by atomic mass is 9.98. The summed E-state index contributed by atoms with van der Waals surface area (Å²) in [5.74, 6) is 0.933. The highest BCUT2D eigenvalue weighted by Gasteiger charge is 2.40. The number of hydrogen-bond donors (Lipinski definition) is 2. The van der Waals surface area contributed by atoms with Gasteiger partial charge < -0.3 is 15.6 Å². The van der Waals surface area contributed by atoms with Crippen molar-refractivity contribution < 1.29 is 0 Å². The highest BCUT2D eigenvalue weighted by atomic mass is 35.5. The lowest BCUT2D eigenvalue weighted by Crippen LogP contribution is -2.47. The summed E-state index contributed by atoms with van der Waals surface area (Å²) in [6, 6.07) is 7.22. The van der Waals surface area contributed by atoms with Crippen LogP contribution in [-0.4, -0.2) is 52.6 Å². The standard InChI is InChI=1S/C25H26ClN9/c1-33-7-6-15(31-33)12-34-13-20-21(32-34)5-4-18(23(20)26)19-10-29-25-24(19)28-11-22(30-25)35-16-2-3-17(35)9-14(27)8-16/h4-7,10-11,13-14,16-17H,2-3,8-9,12,27H2,1H3,(H,29,30). The summed E-state index contributed by atoms with van der Waals surface area (Å²) in [5.41, 5.74) is 11.5. The van der Waals surface area contributed by atoms with Crippen LogP contribution in [0.15, 0.2) is 43.0 Å². The normalized spacial score (nSPS) is 22.0. The second-order valence-corrected chi connectivity index (χ2v) is 10.2. The number of piperidine rings is 1. The third kappa shape index (κ3) is 3.41. The first-order valence-electron chi connectivity index (χ1n) is 12.1. The van der Waals surface area contributed by atoms with Crippen molar-refractivity contribution in [2.75, 3.05) is 4.90 Å². The topological polar surface area (TPSA) is 106 Å². The Bertz CT molecular complexity index is 1550. The van der Waals surface area contributed by atoms with E-state index in [2.05, 4.69) is 20.1 Å². The van der Waals surface area contributed by atoms with Crippen molar-refractivity contribution in [3.05, 3.63) is 53.7 Å². The molecule has 10 heteroatoms. The van der Waals surface area contributed by atoms with Gasteiger partial charge in [-0.05, 0) is 37.8 Å². The largest absolute Gasteiger partial charge is 0.349 e. The molecule has 0 saturated carbocycles. The second kappa shape index (κ2) is 7.79. The first-order valence-corrected chi connectivity index (χ1v) is 12.4. The van der Waals surface area contributed by atoms with Gasteiger partial charge in [0.05, 0.1) is 29.0 Å². The molecule has 2 bridgehead atoms. The number of nitrogens with two attached hydrogens (primary N) is 1. The fourth-order valence-electron chi connectivity index (χ4n) is 5.92. The number of halogens is 1. The minimum absolute atomic E-state index is 0.294. The molecule has 0 aliphatic carbocycles. The van der Waals surface area contributed by atoms with Crippen molar-refractivity contribution in [2.45, 2.75) is 50.4 Å². The molecule has 1 aromatic carbocycles. The summed E-state index contributed by atoms with van der Waals surface area (Å²) in [6.45, 7) is 0.589. The van der Waals surface area contributed by atoms with Crippen LogP contribution in [0.5, 0.6) is 0 Å².